The fourth-order valence-corrected chi connectivity index (χ4v) is 3.54. The minimum Gasteiger partial charge on any atom is -0.362 e. The first-order valence-electron chi connectivity index (χ1n) is 7.23. The molecular formula is C8H14B10N2. The first kappa shape index (κ1) is 16.4. The maximum absolute atomic E-state index is 6.13. The molecule has 3 atom stereocenters. The van der Waals surface area contributed by atoms with Gasteiger partial charge in [-0.3, -0.25) is 0 Å². The predicted molar refractivity (Wildman–Crippen MR) is 99.0 cm³/mol. The molecule has 1 saturated heterocycles. The third-order valence-electron chi connectivity index (χ3n) is 5.02. The van der Waals surface area contributed by atoms with E-state index >= 15 is 0 Å². The highest BCUT2D eigenvalue weighted by molar-refractivity contribution is 8.01. The van der Waals surface area contributed by atoms with Crippen LogP contribution in [0.3, 0.4) is 0 Å². The molecule has 2 aliphatic rings. The van der Waals surface area contributed by atoms with Gasteiger partial charge in [0.25, 0.3) is 0 Å². The van der Waals surface area contributed by atoms with Crippen LogP contribution in [0.2, 0.25) is 5.82 Å². The summed E-state index contributed by atoms with van der Waals surface area (Å²) in [7, 11) is 31.6. The lowest BCUT2D eigenvalue weighted by atomic mass is 8.57. The Hall–Kier alpha value is -0.0106. The molecule has 20 heavy (non-hydrogen) atoms. The molecule has 0 aromatic carbocycles. The second-order valence-electron chi connectivity index (χ2n) is 6.28. The molecule has 10 radical (unpaired) electrons. The van der Waals surface area contributed by atoms with Crippen LogP contribution >= 0.6 is 0 Å². The van der Waals surface area contributed by atoms with Crippen LogP contribution in [-0.2, 0) is 0 Å². The van der Waals surface area contributed by atoms with E-state index in [0.29, 0.717) is 24.5 Å². The van der Waals surface area contributed by atoms with Crippen molar-refractivity contribution in [1.82, 2.24) is 9.80 Å². The van der Waals surface area contributed by atoms with Gasteiger partial charge in [0.1, 0.15) is 6.60 Å². The number of hydrogen-bond acceptors (Lipinski definition) is 2. The molecule has 2 nitrogen and oxygen atoms in total. The third-order valence-corrected chi connectivity index (χ3v) is 5.02. The number of nitrogens with zero attached hydrogens (tertiary/aromatic N) is 2. The highest BCUT2D eigenvalue weighted by Crippen LogP contribution is 2.44. The molecule has 0 aromatic rings. The molecule has 0 N–H and O–H groups in total. The van der Waals surface area contributed by atoms with Crippen LogP contribution in [0.25, 0.3) is 0 Å². The van der Waals surface area contributed by atoms with Crippen molar-refractivity contribution >= 4 is 70.8 Å². The first-order chi connectivity index (χ1) is 9.27. The lowest BCUT2D eigenvalue weighted by molar-refractivity contribution is 0.193. The monoisotopic (exact) mass is 248 g/mol. The topological polar surface area (TPSA) is 6.48 Å². The van der Waals surface area contributed by atoms with Crippen LogP contribution < -0.4 is 0 Å². The van der Waals surface area contributed by atoms with Crippen molar-refractivity contribution in [3.05, 3.63) is 12.4 Å². The number of rotatable bonds is 5. The van der Waals surface area contributed by atoms with Gasteiger partial charge in [-0.25, -0.2) is 0 Å². The van der Waals surface area contributed by atoms with Crippen LogP contribution in [0, 0.1) is 0 Å². The average molecular weight is 246 g/mol. The van der Waals surface area contributed by atoms with Crippen LogP contribution in [0.1, 0.15) is 13.8 Å². The zero-order valence-corrected chi connectivity index (χ0v) is 12.6. The van der Waals surface area contributed by atoms with Crippen molar-refractivity contribution in [2.45, 2.75) is 31.8 Å². The molecule has 86 valence electrons. The van der Waals surface area contributed by atoms with E-state index in [1.165, 1.54) is 0 Å². The van der Waals surface area contributed by atoms with Gasteiger partial charge in [-0.05, 0) is 12.9 Å². The third kappa shape index (κ3) is 2.81. The minimum absolute atomic E-state index is 0.0680. The maximum atomic E-state index is 6.13. The van der Waals surface area contributed by atoms with Crippen molar-refractivity contribution < 1.29 is 0 Å². The Balaban J connectivity index is 2.11. The molecule has 0 bridgehead atoms. The van der Waals surface area contributed by atoms with Gasteiger partial charge in [-0.15, -0.1) is 0 Å². The van der Waals surface area contributed by atoms with Gasteiger partial charge in [0.15, 0.2) is 0 Å². The van der Waals surface area contributed by atoms with E-state index < -0.39 is 12.8 Å². The molecule has 12 heteroatoms. The van der Waals surface area contributed by atoms with Gasteiger partial charge in [0.2, 0.25) is 0 Å². The van der Waals surface area contributed by atoms with E-state index in [9.17, 15) is 0 Å². The van der Waals surface area contributed by atoms with Crippen LogP contribution in [0.5, 0.6) is 0 Å². The molecule has 0 aromatic heterocycles. The predicted octanol–water partition coefficient (Wildman–Crippen LogP) is -2.52. The Morgan fingerprint density at radius 3 is 2.00 bits per heavy atom. The largest absolute Gasteiger partial charge is 0.362 e. The van der Waals surface area contributed by atoms with Crippen LogP contribution in [0.15, 0.2) is 12.4 Å². The molecule has 0 amide bonds. The highest BCUT2D eigenvalue weighted by Gasteiger charge is 2.59. The van der Waals surface area contributed by atoms with E-state index in [1.807, 2.05) is 0 Å². The van der Waals surface area contributed by atoms with Crippen molar-refractivity contribution in [1.29, 1.82) is 0 Å². The molecule has 2 unspecified atom stereocenters. The summed E-state index contributed by atoms with van der Waals surface area (Å²) < 4.78 is 0. The van der Waals surface area contributed by atoms with Crippen molar-refractivity contribution in [2.75, 3.05) is 7.05 Å². The smallest absolute Gasteiger partial charge is 0.123 e. The van der Waals surface area contributed by atoms with Crippen molar-refractivity contribution in [3.8, 4) is 0 Å². The normalized spacial score (nSPS) is 27.8. The second-order valence-corrected chi connectivity index (χ2v) is 6.28. The summed E-state index contributed by atoms with van der Waals surface area (Å²) in [6.07, 6.45) is 2.99. The van der Waals surface area contributed by atoms with Crippen LogP contribution in [-0.4, -0.2) is 99.8 Å². The van der Waals surface area contributed by atoms with Gasteiger partial charge in [-0.1, -0.05) is 12.7 Å². The Kier molecular flexibility index (Phi) is 4.91. The van der Waals surface area contributed by atoms with Crippen molar-refractivity contribution in [2.24, 2.45) is 0 Å². The zero-order chi connectivity index (χ0) is 15.2. The van der Waals surface area contributed by atoms with Gasteiger partial charge < -0.3 is 9.80 Å². The Morgan fingerprint density at radius 1 is 1.00 bits per heavy atom. The Labute approximate surface area is 132 Å². The summed E-state index contributed by atoms with van der Waals surface area (Å²) in [5.74, 6) is 0.883. The fourth-order valence-electron chi connectivity index (χ4n) is 3.54. The highest BCUT2D eigenvalue weighted by atomic mass is 15.4. The molecular weight excluding hydrogens is 232 g/mol. The summed E-state index contributed by atoms with van der Waals surface area (Å²) in [6, 6.07) is 0. The van der Waals surface area contributed by atoms with E-state index in [4.69, 9.17) is 38.7 Å². The van der Waals surface area contributed by atoms with Crippen molar-refractivity contribution in [3.63, 3.8) is 0 Å². The molecule has 2 aliphatic heterocycles. The summed E-state index contributed by atoms with van der Waals surface area (Å²) in [4.78, 5) is 4.52. The van der Waals surface area contributed by atoms with E-state index in [0.717, 1.165) is 0 Å². The first-order valence-corrected chi connectivity index (χ1v) is 7.23. The molecule has 2 heterocycles. The van der Waals surface area contributed by atoms with E-state index in [2.05, 4.69) is 43.1 Å². The van der Waals surface area contributed by atoms with E-state index in [-0.39, 0.29) is 12.8 Å². The van der Waals surface area contributed by atoms with E-state index in [1.54, 1.807) is 0 Å². The summed E-state index contributed by atoms with van der Waals surface area (Å²) >= 11 is 0. The molecule has 2 rings (SSSR count). The fraction of sp³-hybridized carbons (Fsp3) is 0.750. The summed E-state index contributed by atoms with van der Waals surface area (Å²) in [6.45, 7) is 4.71. The minimum atomic E-state index is -0.600. The van der Waals surface area contributed by atoms with Gasteiger partial charge in [-0.2, -0.15) is 0 Å². The molecule has 0 aliphatic carbocycles. The molecule has 1 fully saturated rings. The van der Waals surface area contributed by atoms with Gasteiger partial charge >= 0.3 is 0 Å². The SMILES string of the molecule is [B]B([B])B([B])B(B([B])[B])B1C(C)C1N1C=CN(C)[C@@H]1C. The quantitative estimate of drug-likeness (QED) is 0.494. The molecule has 0 spiro atoms. The summed E-state index contributed by atoms with van der Waals surface area (Å²) in [5, 5.41) is 0. The second kappa shape index (κ2) is 6.01. The Bertz CT molecular complexity index is 378. The zero-order valence-electron chi connectivity index (χ0n) is 12.6. The molecule has 0 saturated carbocycles. The van der Waals surface area contributed by atoms with Crippen LogP contribution in [0.4, 0.5) is 0 Å². The standard InChI is InChI=1S/C8H14B10N2/c1-6-8(20-5-4-19(3)7(20)2)14(6)18(16(11)12)17(13)15(9)10/h4-8H,1-3H3/t6?,7-,8?/m0/s1. The number of hydrogen-bond donors (Lipinski definition) is 0. The van der Waals surface area contributed by atoms with Gasteiger partial charge in [0.05, 0.1) is 6.17 Å². The summed E-state index contributed by atoms with van der Waals surface area (Å²) in [5.41, 5.74) is 0. The maximum Gasteiger partial charge on any atom is 0.123 e. The lowest BCUT2D eigenvalue weighted by Gasteiger charge is -2.30. The lowest BCUT2D eigenvalue weighted by Crippen LogP contribution is -2.64. The van der Waals surface area contributed by atoms with Gasteiger partial charge in [0, 0.05) is 83.7 Å². The average Bonchev–Trinajstić information content (AvgIpc) is 2.87. The Morgan fingerprint density at radius 2 is 1.60 bits per heavy atom.